The van der Waals surface area contributed by atoms with Crippen molar-refractivity contribution in [1.29, 1.82) is 0 Å². The van der Waals surface area contributed by atoms with Crippen LogP contribution in [0.15, 0.2) is 12.1 Å². The number of thiophene rings is 1. The third kappa shape index (κ3) is 1.57. The van der Waals surface area contributed by atoms with Gasteiger partial charge in [0.1, 0.15) is 0 Å². The summed E-state index contributed by atoms with van der Waals surface area (Å²) in [4.78, 5) is 15.3. The van der Waals surface area contributed by atoms with Gasteiger partial charge in [-0.1, -0.05) is 0 Å². The van der Waals surface area contributed by atoms with E-state index in [4.69, 9.17) is 0 Å². The number of anilines is 1. The van der Waals surface area contributed by atoms with Crippen LogP contribution >= 0.6 is 11.3 Å². The summed E-state index contributed by atoms with van der Waals surface area (Å²) in [5.41, 5.74) is 0.217. The number of nitrogens with one attached hydrogen (secondary N) is 1. The molecule has 86 valence electrons. The van der Waals surface area contributed by atoms with E-state index in [1.807, 2.05) is 4.90 Å². The molecule has 0 aromatic carbocycles. The van der Waals surface area contributed by atoms with Crippen molar-refractivity contribution in [1.82, 2.24) is 5.32 Å². The molecule has 1 spiro atoms. The number of nitrogens with zero attached hydrogens (tertiary/aromatic N) is 1. The number of carbonyl (C=O) groups is 1. The molecule has 2 aliphatic rings. The van der Waals surface area contributed by atoms with Crippen LogP contribution in [-0.4, -0.2) is 25.5 Å². The van der Waals surface area contributed by atoms with Crippen molar-refractivity contribution in [3.05, 3.63) is 17.0 Å². The molecule has 2 fully saturated rings. The average Bonchev–Trinajstić information content (AvgIpc) is 2.90. The number of hydrogen-bond acceptors (Lipinski definition) is 3. The van der Waals surface area contributed by atoms with Crippen LogP contribution in [0.25, 0.3) is 0 Å². The second-order valence-electron chi connectivity index (χ2n) is 4.97. The Kier molecular flexibility index (Phi) is 2.30. The molecule has 0 bridgehead atoms. The largest absolute Gasteiger partial charge is 0.316 e. The summed E-state index contributed by atoms with van der Waals surface area (Å²) in [6, 6.07) is 4.16. The quantitative estimate of drug-likeness (QED) is 0.806. The Morgan fingerprint density at radius 3 is 3.00 bits per heavy atom. The molecule has 1 N–H and O–H groups in total. The van der Waals surface area contributed by atoms with Gasteiger partial charge in [-0.05, 0) is 32.0 Å². The minimum Gasteiger partial charge on any atom is -0.316 e. The summed E-state index contributed by atoms with van der Waals surface area (Å²) in [6.45, 7) is 5.05. The van der Waals surface area contributed by atoms with Gasteiger partial charge in [0.25, 0.3) is 0 Å². The summed E-state index contributed by atoms with van der Waals surface area (Å²) < 4.78 is 0. The lowest BCUT2D eigenvalue weighted by Crippen LogP contribution is -2.29. The highest BCUT2D eigenvalue weighted by Gasteiger charge is 2.45. The lowest BCUT2D eigenvalue weighted by Gasteiger charge is -2.21. The predicted octanol–water partition coefficient (Wildman–Crippen LogP) is 1.77. The molecule has 3 heterocycles. The summed E-state index contributed by atoms with van der Waals surface area (Å²) in [5, 5.41) is 4.49. The van der Waals surface area contributed by atoms with Crippen molar-refractivity contribution in [2.75, 3.05) is 24.5 Å². The molecule has 2 saturated heterocycles. The average molecular weight is 236 g/mol. The molecule has 0 aliphatic carbocycles. The van der Waals surface area contributed by atoms with Crippen LogP contribution in [0.1, 0.15) is 17.7 Å². The van der Waals surface area contributed by atoms with E-state index < -0.39 is 0 Å². The Hall–Kier alpha value is -0.870. The highest BCUT2D eigenvalue weighted by atomic mass is 32.1. The van der Waals surface area contributed by atoms with E-state index in [1.165, 1.54) is 4.88 Å². The predicted molar refractivity (Wildman–Crippen MR) is 65.9 cm³/mol. The molecular formula is C12H16N2OS. The fraction of sp³-hybridized carbons (Fsp3) is 0.583. The van der Waals surface area contributed by atoms with E-state index in [1.54, 1.807) is 11.3 Å². The van der Waals surface area contributed by atoms with Crippen LogP contribution in [0.4, 0.5) is 5.00 Å². The first-order valence-electron chi connectivity index (χ1n) is 5.76. The fourth-order valence-corrected chi connectivity index (χ4v) is 3.62. The van der Waals surface area contributed by atoms with E-state index in [0.29, 0.717) is 5.91 Å². The summed E-state index contributed by atoms with van der Waals surface area (Å²) in [6.07, 6.45) is 1.86. The highest BCUT2D eigenvalue weighted by Crippen LogP contribution is 2.40. The molecule has 1 amide bonds. The molecule has 1 aromatic heterocycles. The van der Waals surface area contributed by atoms with Gasteiger partial charge in [-0.3, -0.25) is 4.79 Å². The van der Waals surface area contributed by atoms with Crippen LogP contribution in [-0.2, 0) is 4.79 Å². The molecule has 0 saturated carbocycles. The molecule has 1 atom stereocenters. The summed E-state index contributed by atoms with van der Waals surface area (Å²) >= 11 is 1.72. The van der Waals surface area contributed by atoms with Crippen molar-refractivity contribution < 1.29 is 4.79 Å². The number of amides is 1. The maximum absolute atomic E-state index is 12.0. The minimum absolute atomic E-state index is 0.217. The lowest BCUT2D eigenvalue weighted by atomic mass is 9.86. The van der Waals surface area contributed by atoms with Crippen LogP contribution in [0, 0.1) is 12.3 Å². The van der Waals surface area contributed by atoms with Crippen molar-refractivity contribution in [3.8, 4) is 0 Å². The van der Waals surface area contributed by atoms with Gasteiger partial charge in [0.15, 0.2) is 0 Å². The smallest absolute Gasteiger partial charge is 0.228 e. The SMILES string of the molecule is Cc1ccc(N2C[C@@]3(CCNC3)CC2=O)s1. The van der Waals surface area contributed by atoms with Crippen LogP contribution in [0.5, 0.6) is 0 Å². The van der Waals surface area contributed by atoms with Gasteiger partial charge in [0, 0.05) is 29.8 Å². The third-order valence-corrected chi connectivity index (χ3v) is 4.67. The number of hydrogen-bond donors (Lipinski definition) is 1. The van der Waals surface area contributed by atoms with Gasteiger partial charge in [-0.25, -0.2) is 0 Å². The monoisotopic (exact) mass is 236 g/mol. The normalized spacial score (nSPS) is 29.6. The molecule has 4 heteroatoms. The van der Waals surface area contributed by atoms with Gasteiger partial charge in [-0.2, -0.15) is 0 Å². The van der Waals surface area contributed by atoms with Gasteiger partial charge >= 0.3 is 0 Å². The molecule has 3 rings (SSSR count). The molecule has 1 aromatic rings. The maximum Gasteiger partial charge on any atom is 0.228 e. The van der Waals surface area contributed by atoms with Gasteiger partial charge in [-0.15, -0.1) is 11.3 Å². The number of rotatable bonds is 1. The third-order valence-electron chi connectivity index (χ3n) is 3.65. The zero-order valence-corrected chi connectivity index (χ0v) is 10.3. The summed E-state index contributed by atoms with van der Waals surface area (Å²) in [7, 11) is 0. The standard InChI is InChI=1S/C12H16N2OS/c1-9-2-3-11(16-9)14-8-12(6-10(14)15)4-5-13-7-12/h2-3,13H,4-8H2,1H3/t12-/m0/s1. The number of aryl methyl sites for hydroxylation is 1. The Balaban J connectivity index is 1.85. The van der Waals surface area contributed by atoms with Crippen molar-refractivity contribution in [2.45, 2.75) is 19.8 Å². The van der Waals surface area contributed by atoms with Gasteiger partial charge in [0.2, 0.25) is 5.91 Å². The topological polar surface area (TPSA) is 32.3 Å². The second kappa shape index (κ2) is 3.57. The van der Waals surface area contributed by atoms with Crippen LogP contribution in [0.2, 0.25) is 0 Å². The second-order valence-corrected chi connectivity index (χ2v) is 6.23. The van der Waals surface area contributed by atoms with E-state index in [9.17, 15) is 4.79 Å². The van der Waals surface area contributed by atoms with Crippen LogP contribution < -0.4 is 10.2 Å². The Bertz CT molecular complexity index is 420. The fourth-order valence-electron chi connectivity index (χ4n) is 2.74. The number of carbonyl (C=O) groups excluding carboxylic acids is 1. The van der Waals surface area contributed by atoms with E-state index >= 15 is 0 Å². The molecule has 3 nitrogen and oxygen atoms in total. The first-order chi connectivity index (χ1) is 7.69. The lowest BCUT2D eigenvalue weighted by molar-refractivity contribution is -0.117. The molecule has 2 aliphatic heterocycles. The van der Waals surface area contributed by atoms with E-state index in [-0.39, 0.29) is 5.41 Å². The maximum atomic E-state index is 12.0. The Morgan fingerprint density at radius 1 is 1.50 bits per heavy atom. The molecule has 0 unspecified atom stereocenters. The molecule has 16 heavy (non-hydrogen) atoms. The Morgan fingerprint density at radius 2 is 2.38 bits per heavy atom. The van der Waals surface area contributed by atoms with Crippen molar-refractivity contribution in [3.63, 3.8) is 0 Å². The summed E-state index contributed by atoms with van der Waals surface area (Å²) in [5.74, 6) is 0.297. The van der Waals surface area contributed by atoms with Crippen molar-refractivity contribution >= 4 is 22.2 Å². The van der Waals surface area contributed by atoms with Crippen LogP contribution in [0.3, 0.4) is 0 Å². The Labute approximate surface area is 99.5 Å². The first-order valence-corrected chi connectivity index (χ1v) is 6.58. The van der Waals surface area contributed by atoms with E-state index in [2.05, 4.69) is 24.4 Å². The zero-order valence-electron chi connectivity index (χ0n) is 9.45. The van der Waals surface area contributed by atoms with Gasteiger partial charge in [0.05, 0.1) is 5.00 Å². The highest BCUT2D eigenvalue weighted by molar-refractivity contribution is 7.16. The minimum atomic E-state index is 0.217. The molecule has 0 radical (unpaired) electrons. The zero-order chi connectivity index (χ0) is 11.2. The first kappa shape index (κ1) is 10.3. The van der Waals surface area contributed by atoms with Gasteiger partial charge < -0.3 is 10.2 Å². The van der Waals surface area contributed by atoms with E-state index in [0.717, 1.165) is 37.5 Å². The van der Waals surface area contributed by atoms with Crippen molar-refractivity contribution in [2.24, 2.45) is 5.41 Å². The molecular weight excluding hydrogens is 220 g/mol.